The number of ether oxygens (including phenoxy) is 2. The van der Waals surface area contributed by atoms with Crippen LogP contribution in [-0.2, 0) is 0 Å². The maximum Gasteiger partial charge on any atom is 0.246 e. The average Bonchev–Trinajstić information content (AvgIpc) is 2.30. The van der Waals surface area contributed by atoms with Crippen LogP contribution < -0.4 is 20.9 Å². The molecule has 1 aromatic rings. The minimum absolute atomic E-state index is 0.0927. The Kier molecular flexibility index (Phi) is 5.44. The predicted octanol–water partition coefficient (Wildman–Crippen LogP) is 0.370. The molecule has 1 heterocycles. The van der Waals surface area contributed by atoms with Crippen molar-refractivity contribution in [3.63, 3.8) is 0 Å². The van der Waals surface area contributed by atoms with Crippen LogP contribution in [0.5, 0.6) is 11.8 Å². The molecule has 7 nitrogen and oxygen atoms in total. The zero-order chi connectivity index (χ0) is 13.5. The number of nitrogens with zero attached hydrogens (tertiary/aromatic N) is 3. The van der Waals surface area contributed by atoms with Crippen LogP contribution in [-0.4, -0.2) is 48.7 Å². The number of rotatable bonds is 7. The van der Waals surface area contributed by atoms with Crippen molar-refractivity contribution in [2.24, 2.45) is 0 Å². The summed E-state index contributed by atoms with van der Waals surface area (Å²) >= 11 is 0. The first kappa shape index (κ1) is 14.3. The lowest BCUT2D eigenvalue weighted by atomic mass is 10.4. The van der Waals surface area contributed by atoms with Gasteiger partial charge in [0.1, 0.15) is 6.61 Å². The third-order valence-electron chi connectivity index (χ3n) is 2.11. The third kappa shape index (κ3) is 4.25. The second-order valence-electron chi connectivity index (χ2n) is 4.11. The number of hydrogen-bond donors (Lipinski definition) is 2. The number of aromatic nitrogens is 2. The summed E-state index contributed by atoms with van der Waals surface area (Å²) < 4.78 is 10.9. The Hall–Kier alpha value is -1.76. The number of hydrogen-bond acceptors (Lipinski definition) is 7. The maximum atomic E-state index is 5.87. The fourth-order valence-corrected chi connectivity index (χ4v) is 1.19. The second kappa shape index (κ2) is 6.85. The summed E-state index contributed by atoms with van der Waals surface area (Å²) in [5.74, 6) is 0.648. The van der Waals surface area contributed by atoms with Gasteiger partial charge >= 0.3 is 0 Å². The van der Waals surface area contributed by atoms with Crippen molar-refractivity contribution < 1.29 is 9.47 Å². The highest BCUT2D eigenvalue weighted by Gasteiger charge is 2.13. The molecule has 7 heteroatoms. The normalized spacial score (nSPS) is 10.7. The molecule has 102 valence electrons. The van der Waals surface area contributed by atoms with Crippen LogP contribution in [0.15, 0.2) is 0 Å². The zero-order valence-corrected chi connectivity index (χ0v) is 11.1. The van der Waals surface area contributed by atoms with Gasteiger partial charge in [0.05, 0.1) is 6.61 Å². The highest BCUT2D eigenvalue weighted by atomic mass is 16.5. The fourth-order valence-electron chi connectivity index (χ4n) is 1.19. The van der Waals surface area contributed by atoms with Gasteiger partial charge in [0, 0.05) is 6.54 Å². The Morgan fingerprint density at radius 3 is 2.11 bits per heavy atom. The third-order valence-corrected chi connectivity index (χ3v) is 2.11. The largest absolute Gasteiger partial charge is 0.476 e. The SMILES string of the molecule is CCCOc1nc(N)nc(OCCN(C)C)c1N. The summed E-state index contributed by atoms with van der Waals surface area (Å²) in [6, 6.07) is 0. The molecule has 0 spiro atoms. The molecule has 1 rings (SSSR count). The Balaban J connectivity index is 2.74. The summed E-state index contributed by atoms with van der Waals surface area (Å²) in [7, 11) is 3.91. The van der Waals surface area contributed by atoms with E-state index in [1.165, 1.54) is 0 Å². The van der Waals surface area contributed by atoms with E-state index in [9.17, 15) is 0 Å². The van der Waals surface area contributed by atoms with Gasteiger partial charge in [0.2, 0.25) is 17.7 Å². The molecule has 0 unspecified atom stereocenters. The predicted molar refractivity (Wildman–Crippen MR) is 70.7 cm³/mol. The molecule has 0 fully saturated rings. The van der Waals surface area contributed by atoms with Crippen LogP contribution in [0.25, 0.3) is 0 Å². The number of nitrogens with two attached hydrogens (primary N) is 2. The van der Waals surface area contributed by atoms with Gasteiger partial charge in [-0.25, -0.2) is 0 Å². The van der Waals surface area contributed by atoms with E-state index in [1.54, 1.807) is 0 Å². The Bertz CT molecular complexity index is 384. The lowest BCUT2D eigenvalue weighted by molar-refractivity contribution is 0.252. The van der Waals surface area contributed by atoms with E-state index in [1.807, 2.05) is 25.9 Å². The topological polar surface area (TPSA) is 99.5 Å². The summed E-state index contributed by atoms with van der Waals surface area (Å²) in [6.45, 7) is 3.75. The molecule has 18 heavy (non-hydrogen) atoms. The standard InChI is InChI=1S/C11H21N5O2/c1-4-6-17-9-8(12)10(15-11(13)14-9)18-7-5-16(2)3/h4-7,12H2,1-3H3,(H2,13,14,15). The van der Waals surface area contributed by atoms with Crippen molar-refractivity contribution in [3.05, 3.63) is 0 Å². The van der Waals surface area contributed by atoms with E-state index in [0.717, 1.165) is 13.0 Å². The summed E-state index contributed by atoms with van der Waals surface area (Å²) in [5, 5.41) is 0. The van der Waals surface area contributed by atoms with Crippen molar-refractivity contribution >= 4 is 11.6 Å². The lowest BCUT2D eigenvalue weighted by Gasteiger charge is -2.13. The molecule has 0 saturated heterocycles. The first-order chi connectivity index (χ1) is 8.54. The first-order valence-electron chi connectivity index (χ1n) is 5.88. The van der Waals surface area contributed by atoms with Crippen LogP contribution >= 0.6 is 0 Å². The molecule has 0 aliphatic carbocycles. The van der Waals surface area contributed by atoms with Crippen molar-refractivity contribution in [2.75, 3.05) is 45.3 Å². The molecule has 0 radical (unpaired) electrons. The lowest BCUT2D eigenvalue weighted by Crippen LogP contribution is -2.20. The Labute approximate surface area is 107 Å². The van der Waals surface area contributed by atoms with Gasteiger partial charge in [-0.15, -0.1) is 0 Å². The van der Waals surface area contributed by atoms with Crippen molar-refractivity contribution in [2.45, 2.75) is 13.3 Å². The minimum atomic E-state index is 0.0927. The zero-order valence-electron chi connectivity index (χ0n) is 11.1. The highest BCUT2D eigenvalue weighted by molar-refractivity contribution is 5.58. The van der Waals surface area contributed by atoms with Gasteiger partial charge in [-0.1, -0.05) is 6.92 Å². The van der Waals surface area contributed by atoms with Gasteiger partial charge in [-0.3, -0.25) is 0 Å². The van der Waals surface area contributed by atoms with Gasteiger partial charge < -0.3 is 25.8 Å². The van der Waals surface area contributed by atoms with E-state index in [0.29, 0.717) is 13.2 Å². The Morgan fingerprint density at radius 2 is 1.61 bits per heavy atom. The summed E-state index contributed by atoms with van der Waals surface area (Å²) in [5.41, 5.74) is 11.7. The van der Waals surface area contributed by atoms with Crippen molar-refractivity contribution in [1.82, 2.24) is 14.9 Å². The molecule has 0 amide bonds. The molecule has 0 bridgehead atoms. The maximum absolute atomic E-state index is 5.87. The molecule has 0 aliphatic rings. The molecule has 1 aromatic heterocycles. The summed E-state index contributed by atoms with van der Waals surface area (Å²) in [4.78, 5) is 9.90. The number of likely N-dealkylation sites (N-methyl/N-ethyl adjacent to an activating group) is 1. The van der Waals surface area contributed by atoms with Crippen LogP contribution in [0.3, 0.4) is 0 Å². The molecule has 0 atom stereocenters. The molecule has 0 saturated carbocycles. The molecular weight excluding hydrogens is 234 g/mol. The van der Waals surface area contributed by atoms with E-state index in [2.05, 4.69) is 9.97 Å². The molecule has 4 N–H and O–H groups in total. The first-order valence-corrected chi connectivity index (χ1v) is 5.88. The van der Waals surface area contributed by atoms with E-state index in [-0.39, 0.29) is 23.4 Å². The quantitative estimate of drug-likeness (QED) is 0.726. The second-order valence-corrected chi connectivity index (χ2v) is 4.11. The van der Waals surface area contributed by atoms with E-state index in [4.69, 9.17) is 20.9 Å². The average molecular weight is 255 g/mol. The van der Waals surface area contributed by atoms with Crippen LogP contribution in [0.4, 0.5) is 11.6 Å². The van der Waals surface area contributed by atoms with Crippen LogP contribution in [0.1, 0.15) is 13.3 Å². The Morgan fingerprint density at radius 1 is 1.06 bits per heavy atom. The number of nitrogen functional groups attached to an aromatic ring is 2. The fraction of sp³-hybridized carbons (Fsp3) is 0.636. The van der Waals surface area contributed by atoms with Gasteiger partial charge in [-0.2, -0.15) is 9.97 Å². The van der Waals surface area contributed by atoms with Crippen LogP contribution in [0, 0.1) is 0 Å². The van der Waals surface area contributed by atoms with Gasteiger partial charge in [0.25, 0.3) is 0 Å². The van der Waals surface area contributed by atoms with E-state index >= 15 is 0 Å². The van der Waals surface area contributed by atoms with Crippen molar-refractivity contribution in [1.29, 1.82) is 0 Å². The smallest absolute Gasteiger partial charge is 0.246 e. The van der Waals surface area contributed by atoms with Crippen LogP contribution in [0.2, 0.25) is 0 Å². The molecule has 0 aromatic carbocycles. The summed E-state index contributed by atoms with van der Waals surface area (Å²) in [6.07, 6.45) is 0.861. The number of anilines is 2. The molecular formula is C11H21N5O2. The minimum Gasteiger partial charge on any atom is -0.476 e. The van der Waals surface area contributed by atoms with E-state index < -0.39 is 0 Å². The van der Waals surface area contributed by atoms with Crippen molar-refractivity contribution in [3.8, 4) is 11.8 Å². The van der Waals surface area contributed by atoms with Gasteiger partial charge in [-0.05, 0) is 20.5 Å². The molecule has 0 aliphatic heterocycles. The van der Waals surface area contributed by atoms with Gasteiger partial charge in [0.15, 0.2) is 5.69 Å². The highest BCUT2D eigenvalue weighted by Crippen LogP contribution is 2.28. The monoisotopic (exact) mass is 255 g/mol.